The molecule has 0 aliphatic carbocycles. The van der Waals surface area contributed by atoms with Gasteiger partial charge in [0.05, 0.1) is 17.8 Å². The highest BCUT2D eigenvalue weighted by molar-refractivity contribution is 7.99. The highest BCUT2D eigenvalue weighted by atomic mass is 35.5. The Morgan fingerprint density at radius 1 is 1.40 bits per heavy atom. The third kappa shape index (κ3) is 4.98. The van der Waals surface area contributed by atoms with Crippen molar-refractivity contribution >= 4 is 47.1 Å². The Labute approximate surface area is 132 Å². The van der Waals surface area contributed by atoms with Gasteiger partial charge in [-0.15, -0.1) is 0 Å². The molecule has 1 saturated heterocycles. The Morgan fingerprint density at radius 3 is 2.85 bits per heavy atom. The van der Waals surface area contributed by atoms with Crippen molar-refractivity contribution in [1.82, 2.24) is 10.3 Å². The molecule has 108 valence electrons. The largest absolute Gasteiger partial charge is 0.293 e. The van der Waals surface area contributed by atoms with Crippen LogP contribution in [-0.2, 0) is 4.79 Å². The van der Waals surface area contributed by atoms with Gasteiger partial charge in [0.15, 0.2) is 0 Å². The molecule has 0 aromatic heterocycles. The van der Waals surface area contributed by atoms with Gasteiger partial charge in [0.25, 0.3) is 5.91 Å². The van der Waals surface area contributed by atoms with Crippen molar-refractivity contribution in [2.75, 3.05) is 31.1 Å². The molecular formula is C13H15Cl2N3OS. The van der Waals surface area contributed by atoms with Crippen LogP contribution in [0.1, 0.15) is 5.56 Å². The van der Waals surface area contributed by atoms with Crippen LogP contribution in [0.25, 0.3) is 0 Å². The summed E-state index contributed by atoms with van der Waals surface area (Å²) in [6.07, 6.45) is 1.52. The van der Waals surface area contributed by atoms with Crippen LogP contribution in [0.2, 0.25) is 10.0 Å². The fraction of sp³-hybridized carbons (Fsp3) is 0.385. The Morgan fingerprint density at radius 2 is 2.15 bits per heavy atom. The zero-order valence-corrected chi connectivity index (χ0v) is 13.1. The monoisotopic (exact) mass is 331 g/mol. The highest BCUT2D eigenvalue weighted by Gasteiger charge is 2.13. The molecule has 1 heterocycles. The topological polar surface area (TPSA) is 44.7 Å². The number of carbonyl (C=O) groups is 1. The highest BCUT2D eigenvalue weighted by Crippen LogP contribution is 2.19. The van der Waals surface area contributed by atoms with Gasteiger partial charge in [-0.1, -0.05) is 29.3 Å². The normalized spacial score (nSPS) is 16.5. The van der Waals surface area contributed by atoms with Crippen molar-refractivity contribution in [2.45, 2.75) is 0 Å². The average Bonchev–Trinajstić information content (AvgIpc) is 2.42. The van der Waals surface area contributed by atoms with Crippen LogP contribution in [0, 0.1) is 0 Å². The fourth-order valence-corrected chi connectivity index (χ4v) is 3.21. The van der Waals surface area contributed by atoms with Crippen LogP contribution in [0.3, 0.4) is 0 Å². The summed E-state index contributed by atoms with van der Waals surface area (Å²) < 4.78 is 0. The lowest BCUT2D eigenvalue weighted by Crippen LogP contribution is -2.40. The van der Waals surface area contributed by atoms with Gasteiger partial charge in [0, 0.05) is 35.2 Å². The molecule has 1 amide bonds. The van der Waals surface area contributed by atoms with E-state index in [9.17, 15) is 4.79 Å². The predicted octanol–water partition coefficient (Wildman–Crippen LogP) is 2.49. The van der Waals surface area contributed by atoms with E-state index in [-0.39, 0.29) is 5.91 Å². The first-order valence-corrected chi connectivity index (χ1v) is 8.13. The van der Waals surface area contributed by atoms with Gasteiger partial charge in [0.2, 0.25) is 0 Å². The maximum absolute atomic E-state index is 11.7. The average molecular weight is 332 g/mol. The van der Waals surface area contributed by atoms with Gasteiger partial charge in [-0.25, -0.2) is 5.43 Å². The molecule has 0 bridgehead atoms. The number of hydrazone groups is 1. The van der Waals surface area contributed by atoms with E-state index in [1.54, 1.807) is 18.2 Å². The van der Waals surface area contributed by atoms with Crippen LogP contribution in [0.15, 0.2) is 23.3 Å². The number of nitrogens with one attached hydrogen (secondary N) is 1. The number of hydrogen-bond acceptors (Lipinski definition) is 4. The second kappa shape index (κ2) is 7.88. The molecule has 1 N–H and O–H groups in total. The first kappa shape index (κ1) is 15.6. The van der Waals surface area contributed by atoms with Gasteiger partial charge in [-0.2, -0.15) is 16.9 Å². The van der Waals surface area contributed by atoms with Gasteiger partial charge >= 0.3 is 0 Å². The Bertz CT molecular complexity index is 504. The van der Waals surface area contributed by atoms with Crippen molar-refractivity contribution < 1.29 is 4.79 Å². The number of rotatable bonds is 4. The summed E-state index contributed by atoms with van der Waals surface area (Å²) in [6, 6.07) is 5.11. The summed E-state index contributed by atoms with van der Waals surface area (Å²) in [6.45, 7) is 2.28. The molecule has 0 atom stereocenters. The maximum Gasteiger partial charge on any atom is 0.254 e. The lowest BCUT2D eigenvalue weighted by Gasteiger charge is -2.24. The van der Waals surface area contributed by atoms with E-state index in [1.165, 1.54) is 6.21 Å². The zero-order valence-electron chi connectivity index (χ0n) is 10.8. The van der Waals surface area contributed by atoms with Crippen molar-refractivity contribution in [3.05, 3.63) is 33.8 Å². The lowest BCUT2D eigenvalue weighted by molar-refractivity contribution is -0.122. The molecule has 1 aromatic carbocycles. The predicted molar refractivity (Wildman–Crippen MR) is 86.0 cm³/mol. The summed E-state index contributed by atoms with van der Waals surface area (Å²) in [4.78, 5) is 13.8. The number of thioether (sulfide) groups is 1. The summed E-state index contributed by atoms with van der Waals surface area (Å²) in [5.41, 5.74) is 3.22. The minimum absolute atomic E-state index is 0.113. The van der Waals surface area contributed by atoms with E-state index in [1.807, 2.05) is 11.8 Å². The van der Waals surface area contributed by atoms with E-state index in [2.05, 4.69) is 15.4 Å². The van der Waals surface area contributed by atoms with Crippen molar-refractivity contribution in [1.29, 1.82) is 0 Å². The number of amides is 1. The minimum Gasteiger partial charge on any atom is -0.293 e. The first-order valence-electron chi connectivity index (χ1n) is 6.22. The number of halogens is 2. The van der Waals surface area contributed by atoms with Gasteiger partial charge < -0.3 is 0 Å². The first-order chi connectivity index (χ1) is 9.65. The standard InChI is InChI=1S/C13H15Cl2N3OS/c14-11-2-1-10(12(15)7-11)8-16-17-13(19)9-18-3-5-20-6-4-18/h1-2,7-8H,3-6,9H2,(H,17,19)/b16-8-. The van der Waals surface area contributed by atoms with E-state index >= 15 is 0 Å². The minimum atomic E-state index is -0.113. The van der Waals surface area contributed by atoms with Crippen molar-refractivity contribution in [3.63, 3.8) is 0 Å². The molecular weight excluding hydrogens is 317 g/mol. The molecule has 1 aliphatic rings. The lowest BCUT2D eigenvalue weighted by atomic mass is 10.2. The quantitative estimate of drug-likeness (QED) is 0.681. The summed E-state index contributed by atoms with van der Waals surface area (Å²) >= 11 is 13.7. The third-order valence-electron chi connectivity index (χ3n) is 2.83. The van der Waals surface area contributed by atoms with Gasteiger partial charge in [-0.3, -0.25) is 9.69 Å². The molecule has 1 aromatic rings. The molecule has 0 spiro atoms. The van der Waals surface area contributed by atoms with E-state index < -0.39 is 0 Å². The second-order valence-corrected chi connectivity index (χ2v) is 6.42. The number of carbonyl (C=O) groups excluding carboxylic acids is 1. The van der Waals surface area contributed by atoms with Crippen LogP contribution in [0.5, 0.6) is 0 Å². The van der Waals surface area contributed by atoms with Crippen molar-refractivity contribution in [3.8, 4) is 0 Å². The molecule has 7 heteroatoms. The third-order valence-corrected chi connectivity index (χ3v) is 4.33. The molecule has 0 saturated carbocycles. The molecule has 1 fully saturated rings. The van der Waals surface area contributed by atoms with Crippen LogP contribution >= 0.6 is 35.0 Å². The molecule has 4 nitrogen and oxygen atoms in total. The number of hydrogen-bond donors (Lipinski definition) is 1. The van der Waals surface area contributed by atoms with Crippen molar-refractivity contribution in [2.24, 2.45) is 5.10 Å². The zero-order chi connectivity index (χ0) is 14.4. The summed E-state index contributed by atoms with van der Waals surface area (Å²) in [7, 11) is 0. The molecule has 0 unspecified atom stereocenters. The SMILES string of the molecule is O=C(CN1CCSCC1)N/N=C\c1ccc(Cl)cc1Cl. The fourth-order valence-electron chi connectivity index (χ4n) is 1.78. The Hall–Kier alpha value is -0.750. The maximum atomic E-state index is 11.7. The van der Waals surface area contributed by atoms with Crippen LogP contribution in [0.4, 0.5) is 0 Å². The Balaban J connectivity index is 1.81. The van der Waals surface area contributed by atoms with E-state index in [0.29, 0.717) is 22.2 Å². The molecule has 0 radical (unpaired) electrons. The molecule has 2 rings (SSSR count). The second-order valence-electron chi connectivity index (χ2n) is 4.35. The smallest absolute Gasteiger partial charge is 0.254 e. The molecule has 20 heavy (non-hydrogen) atoms. The number of benzene rings is 1. The number of nitrogens with zero attached hydrogens (tertiary/aromatic N) is 2. The van der Waals surface area contributed by atoms with Crippen LogP contribution in [-0.4, -0.2) is 48.2 Å². The van der Waals surface area contributed by atoms with E-state index in [4.69, 9.17) is 23.2 Å². The summed E-state index contributed by atoms with van der Waals surface area (Å²) in [5.74, 6) is 2.05. The van der Waals surface area contributed by atoms with Crippen LogP contribution < -0.4 is 5.43 Å². The summed E-state index contributed by atoms with van der Waals surface area (Å²) in [5, 5.41) is 4.99. The van der Waals surface area contributed by atoms with Gasteiger partial charge in [-0.05, 0) is 12.1 Å². The molecule has 1 aliphatic heterocycles. The Kier molecular flexibility index (Phi) is 6.16. The van der Waals surface area contributed by atoms with Gasteiger partial charge in [0.1, 0.15) is 0 Å². The van der Waals surface area contributed by atoms with E-state index in [0.717, 1.165) is 24.6 Å².